The SMILES string of the molecule is COc1cc(NC(=O)c2cccs2)c(C(=O)NCc2ccccc2)cc1OC. The first-order chi connectivity index (χ1) is 13.6. The van der Waals surface area contributed by atoms with Crippen LogP contribution < -0.4 is 20.1 Å². The van der Waals surface area contributed by atoms with Gasteiger partial charge in [0.25, 0.3) is 11.8 Å². The van der Waals surface area contributed by atoms with E-state index in [9.17, 15) is 9.59 Å². The second-order valence-electron chi connectivity index (χ2n) is 5.85. The van der Waals surface area contributed by atoms with Crippen LogP contribution in [0.3, 0.4) is 0 Å². The van der Waals surface area contributed by atoms with Gasteiger partial charge in [-0.1, -0.05) is 36.4 Å². The summed E-state index contributed by atoms with van der Waals surface area (Å²) in [6.45, 7) is 0.367. The Morgan fingerprint density at radius 2 is 1.64 bits per heavy atom. The summed E-state index contributed by atoms with van der Waals surface area (Å²) in [6.07, 6.45) is 0. The van der Waals surface area contributed by atoms with Gasteiger partial charge in [0.15, 0.2) is 11.5 Å². The van der Waals surface area contributed by atoms with Crippen LogP contribution in [0.4, 0.5) is 5.69 Å². The average molecular weight is 396 g/mol. The molecular weight excluding hydrogens is 376 g/mol. The number of rotatable bonds is 7. The van der Waals surface area contributed by atoms with Crippen LogP contribution in [0.2, 0.25) is 0 Å². The highest BCUT2D eigenvalue weighted by Gasteiger charge is 2.19. The Balaban J connectivity index is 1.88. The Kier molecular flexibility index (Phi) is 6.29. The van der Waals surface area contributed by atoms with Gasteiger partial charge in [-0.25, -0.2) is 0 Å². The van der Waals surface area contributed by atoms with E-state index in [2.05, 4.69) is 10.6 Å². The summed E-state index contributed by atoms with van der Waals surface area (Å²) in [7, 11) is 2.99. The molecule has 2 aromatic carbocycles. The van der Waals surface area contributed by atoms with Gasteiger partial charge in [-0.3, -0.25) is 9.59 Å². The van der Waals surface area contributed by atoms with Crippen molar-refractivity contribution in [3.8, 4) is 11.5 Å². The molecule has 0 saturated heterocycles. The Morgan fingerprint density at radius 3 is 2.29 bits per heavy atom. The number of ether oxygens (including phenoxy) is 2. The molecule has 0 aliphatic heterocycles. The predicted octanol–water partition coefficient (Wildman–Crippen LogP) is 3.95. The van der Waals surface area contributed by atoms with Crippen molar-refractivity contribution < 1.29 is 19.1 Å². The van der Waals surface area contributed by atoms with E-state index in [1.54, 1.807) is 24.3 Å². The zero-order chi connectivity index (χ0) is 19.9. The average Bonchev–Trinajstić information content (AvgIpc) is 3.27. The number of carbonyl (C=O) groups is 2. The fourth-order valence-corrected chi connectivity index (χ4v) is 3.25. The molecule has 0 bridgehead atoms. The molecule has 3 aromatic rings. The van der Waals surface area contributed by atoms with Gasteiger partial charge in [0, 0.05) is 12.6 Å². The van der Waals surface area contributed by atoms with E-state index >= 15 is 0 Å². The maximum Gasteiger partial charge on any atom is 0.265 e. The van der Waals surface area contributed by atoms with Gasteiger partial charge < -0.3 is 20.1 Å². The second-order valence-corrected chi connectivity index (χ2v) is 6.80. The fraction of sp³-hybridized carbons (Fsp3) is 0.143. The second kappa shape index (κ2) is 9.05. The van der Waals surface area contributed by atoms with Crippen LogP contribution in [-0.2, 0) is 6.54 Å². The lowest BCUT2D eigenvalue weighted by Gasteiger charge is -2.15. The zero-order valence-corrected chi connectivity index (χ0v) is 16.3. The Morgan fingerprint density at radius 1 is 0.929 bits per heavy atom. The van der Waals surface area contributed by atoms with Crippen LogP contribution in [0.1, 0.15) is 25.6 Å². The van der Waals surface area contributed by atoms with Gasteiger partial charge in [-0.15, -0.1) is 11.3 Å². The highest BCUT2D eigenvalue weighted by atomic mass is 32.1. The van der Waals surface area contributed by atoms with Crippen molar-refractivity contribution in [1.29, 1.82) is 0 Å². The molecule has 0 aliphatic carbocycles. The lowest BCUT2D eigenvalue weighted by Crippen LogP contribution is -2.25. The van der Waals surface area contributed by atoms with Crippen molar-refractivity contribution in [3.05, 3.63) is 76.0 Å². The molecular formula is C21H20N2O4S. The molecule has 144 valence electrons. The van der Waals surface area contributed by atoms with Crippen LogP contribution in [0, 0.1) is 0 Å². The molecule has 0 unspecified atom stereocenters. The van der Waals surface area contributed by atoms with E-state index < -0.39 is 0 Å². The molecule has 7 heteroatoms. The first kappa shape index (κ1) is 19.4. The molecule has 2 N–H and O–H groups in total. The number of hydrogen-bond acceptors (Lipinski definition) is 5. The van der Waals surface area contributed by atoms with E-state index in [1.807, 2.05) is 35.7 Å². The highest BCUT2D eigenvalue weighted by Crippen LogP contribution is 2.33. The van der Waals surface area contributed by atoms with Crippen molar-refractivity contribution in [2.75, 3.05) is 19.5 Å². The number of hydrogen-bond donors (Lipinski definition) is 2. The van der Waals surface area contributed by atoms with Gasteiger partial charge in [-0.2, -0.15) is 0 Å². The van der Waals surface area contributed by atoms with Gasteiger partial charge in [-0.05, 0) is 23.1 Å². The first-order valence-corrected chi connectivity index (χ1v) is 9.43. The molecule has 0 atom stereocenters. The van der Waals surface area contributed by atoms with Crippen molar-refractivity contribution >= 4 is 28.8 Å². The minimum Gasteiger partial charge on any atom is -0.493 e. The maximum absolute atomic E-state index is 12.8. The zero-order valence-electron chi connectivity index (χ0n) is 15.5. The Hall–Kier alpha value is -3.32. The van der Waals surface area contributed by atoms with Crippen molar-refractivity contribution in [2.24, 2.45) is 0 Å². The number of nitrogens with one attached hydrogen (secondary N) is 2. The number of methoxy groups -OCH3 is 2. The van der Waals surface area contributed by atoms with E-state index in [4.69, 9.17) is 9.47 Å². The van der Waals surface area contributed by atoms with Crippen LogP contribution in [0.15, 0.2) is 60.0 Å². The highest BCUT2D eigenvalue weighted by molar-refractivity contribution is 7.12. The Labute approximate surface area is 167 Å². The lowest BCUT2D eigenvalue weighted by molar-refractivity contribution is 0.0951. The van der Waals surface area contributed by atoms with E-state index in [0.717, 1.165) is 5.56 Å². The van der Waals surface area contributed by atoms with E-state index in [0.29, 0.717) is 34.2 Å². The topological polar surface area (TPSA) is 76.7 Å². The smallest absolute Gasteiger partial charge is 0.265 e. The van der Waals surface area contributed by atoms with Crippen molar-refractivity contribution in [2.45, 2.75) is 6.54 Å². The molecule has 0 aliphatic rings. The minimum absolute atomic E-state index is 0.290. The van der Waals surface area contributed by atoms with E-state index in [1.165, 1.54) is 25.6 Å². The normalized spacial score (nSPS) is 10.2. The molecule has 1 heterocycles. The summed E-state index contributed by atoms with van der Waals surface area (Å²) in [4.78, 5) is 25.8. The standard InChI is InChI=1S/C21H20N2O4S/c1-26-17-11-15(20(24)22-13-14-7-4-3-5-8-14)16(12-18(17)27-2)23-21(25)19-9-6-10-28-19/h3-12H,13H2,1-2H3,(H,22,24)(H,23,25). The molecule has 0 fully saturated rings. The predicted molar refractivity (Wildman–Crippen MR) is 109 cm³/mol. The quantitative estimate of drug-likeness (QED) is 0.634. The number of carbonyl (C=O) groups excluding carboxylic acids is 2. The van der Waals surface area contributed by atoms with Crippen molar-refractivity contribution in [1.82, 2.24) is 5.32 Å². The van der Waals surface area contributed by atoms with Crippen LogP contribution >= 0.6 is 11.3 Å². The number of anilines is 1. The summed E-state index contributed by atoms with van der Waals surface area (Å²) < 4.78 is 10.6. The minimum atomic E-state index is -0.328. The summed E-state index contributed by atoms with van der Waals surface area (Å²) in [6, 6.07) is 16.2. The largest absolute Gasteiger partial charge is 0.493 e. The molecule has 2 amide bonds. The molecule has 0 spiro atoms. The van der Waals surface area contributed by atoms with Crippen LogP contribution in [-0.4, -0.2) is 26.0 Å². The number of amides is 2. The molecule has 6 nitrogen and oxygen atoms in total. The van der Waals surface area contributed by atoms with Gasteiger partial charge in [0.1, 0.15) is 0 Å². The fourth-order valence-electron chi connectivity index (χ4n) is 2.64. The monoisotopic (exact) mass is 396 g/mol. The lowest BCUT2D eigenvalue weighted by atomic mass is 10.1. The van der Waals surface area contributed by atoms with Crippen LogP contribution in [0.5, 0.6) is 11.5 Å². The third-order valence-electron chi connectivity index (χ3n) is 4.06. The van der Waals surface area contributed by atoms with E-state index in [-0.39, 0.29) is 11.8 Å². The number of thiophene rings is 1. The molecule has 1 aromatic heterocycles. The maximum atomic E-state index is 12.8. The molecule has 0 saturated carbocycles. The summed E-state index contributed by atoms with van der Waals surface area (Å²) in [5.41, 5.74) is 1.61. The van der Waals surface area contributed by atoms with Gasteiger partial charge >= 0.3 is 0 Å². The Bertz CT molecular complexity index is 956. The van der Waals surface area contributed by atoms with Gasteiger partial charge in [0.2, 0.25) is 0 Å². The third-order valence-corrected chi connectivity index (χ3v) is 4.93. The van der Waals surface area contributed by atoms with Crippen LogP contribution in [0.25, 0.3) is 0 Å². The summed E-state index contributed by atoms with van der Waals surface area (Å²) in [5.74, 6) is 0.204. The van der Waals surface area contributed by atoms with Crippen molar-refractivity contribution in [3.63, 3.8) is 0 Å². The third kappa shape index (κ3) is 4.50. The molecule has 3 rings (SSSR count). The molecule has 0 radical (unpaired) electrons. The van der Waals surface area contributed by atoms with Gasteiger partial charge in [0.05, 0.1) is 30.3 Å². The molecule has 28 heavy (non-hydrogen) atoms. The summed E-state index contributed by atoms with van der Waals surface area (Å²) in [5, 5.41) is 7.48. The summed E-state index contributed by atoms with van der Waals surface area (Å²) >= 11 is 1.32. The number of benzene rings is 2. The first-order valence-electron chi connectivity index (χ1n) is 8.55.